The van der Waals surface area contributed by atoms with Gasteiger partial charge < -0.3 is 20.1 Å². The molecule has 0 saturated heterocycles. The summed E-state index contributed by atoms with van der Waals surface area (Å²) in [5, 5.41) is 6.09. The minimum absolute atomic E-state index is 0.0350. The molecule has 0 aliphatic carbocycles. The van der Waals surface area contributed by atoms with Crippen LogP contribution in [0.25, 0.3) is 0 Å². The Morgan fingerprint density at radius 2 is 2.05 bits per heavy atom. The van der Waals surface area contributed by atoms with Crippen LogP contribution < -0.4 is 20.1 Å². The highest BCUT2D eigenvalue weighted by molar-refractivity contribution is 5.78. The summed E-state index contributed by atoms with van der Waals surface area (Å²) in [5.41, 5.74) is 1.13. The van der Waals surface area contributed by atoms with Gasteiger partial charge in [0.05, 0.1) is 6.54 Å². The first-order valence-corrected chi connectivity index (χ1v) is 7.57. The smallest absolute Gasteiger partial charge is 0.233 e. The van der Waals surface area contributed by atoms with Crippen LogP contribution in [0.3, 0.4) is 0 Å². The van der Waals surface area contributed by atoms with E-state index in [-0.39, 0.29) is 5.91 Å². The maximum Gasteiger partial charge on any atom is 0.233 e. The number of hydrogen-bond donors (Lipinski definition) is 2. The van der Waals surface area contributed by atoms with Gasteiger partial charge in [-0.05, 0) is 37.5 Å². The number of benzene rings is 1. The molecule has 0 saturated carbocycles. The maximum atomic E-state index is 11.7. The van der Waals surface area contributed by atoms with Crippen molar-refractivity contribution >= 4 is 5.91 Å². The molecule has 5 heteroatoms. The molecule has 0 aromatic heterocycles. The van der Waals surface area contributed by atoms with Gasteiger partial charge in [0.25, 0.3) is 0 Å². The normalized spacial score (nSPS) is 14.6. The summed E-state index contributed by atoms with van der Waals surface area (Å²) in [6.45, 7) is 6.36. The molecule has 21 heavy (non-hydrogen) atoms. The Hall–Kier alpha value is -1.75. The first-order valence-electron chi connectivity index (χ1n) is 7.57. The van der Waals surface area contributed by atoms with E-state index in [1.54, 1.807) is 0 Å². The molecule has 1 aliphatic heterocycles. The fraction of sp³-hybridized carbons (Fsp3) is 0.562. The molecule has 2 N–H and O–H groups in total. The minimum atomic E-state index is 0.0350. The van der Waals surface area contributed by atoms with Crippen LogP contribution >= 0.6 is 0 Å². The van der Waals surface area contributed by atoms with Crippen molar-refractivity contribution in [2.24, 2.45) is 0 Å². The molecule has 1 aliphatic rings. The molecule has 1 aromatic carbocycles. The zero-order chi connectivity index (χ0) is 15.1. The lowest BCUT2D eigenvalue weighted by atomic mass is 10.1. The van der Waals surface area contributed by atoms with E-state index in [0.29, 0.717) is 32.3 Å². The zero-order valence-corrected chi connectivity index (χ0v) is 12.8. The lowest BCUT2D eigenvalue weighted by Gasteiger charge is -2.19. The number of amides is 1. The van der Waals surface area contributed by atoms with Crippen LogP contribution in [-0.4, -0.2) is 38.3 Å². The highest BCUT2D eigenvalue weighted by atomic mass is 16.6. The van der Waals surface area contributed by atoms with E-state index in [0.717, 1.165) is 29.9 Å². The molecule has 0 bridgehead atoms. The van der Waals surface area contributed by atoms with Gasteiger partial charge in [-0.1, -0.05) is 13.0 Å². The number of carbonyl (C=O) groups excluding carboxylic acids is 1. The van der Waals surface area contributed by atoms with Gasteiger partial charge in [-0.3, -0.25) is 4.79 Å². The standard InChI is InChI=1S/C16H24N2O3/c1-3-12(2)18-11-16(19)17-7-6-13-4-5-14-15(10-13)21-9-8-20-14/h4-5,10,12,18H,3,6-9,11H2,1-2H3,(H,17,19). The zero-order valence-electron chi connectivity index (χ0n) is 12.8. The van der Waals surface area contributed by atoms with E-state index in [1.807, 2.05) is 18.2 Å². The molecule has 0 spiro atoms. The Kier molecular flexibility index (Phi) is 5.87. The summed E-state index contributed by atoms with van der Waals surface area (Å²) in [5.74, 6) is 1.63. The third kappa shape index (κ3) is 4.93. The van der Waals surface area contributed by atoms with E-state index in [9.17, 15) is 4.79 Å². The third-order valence-electron chi connectivity index (χ3n) is 3.57. The summed E-state index contributed by atoms with van der Waals surface area (Å²) >= 11 is 0. The number of ether oxygens (including phenoxy) is 2. The molecule has 1 heterocycles. The van der Waals surface area contributed by atoms with Crippen molar-refractivity contribution in [2.75, 3.05) is 26.3 Å². The second-order valence-corrected chi connectivity index (χ2v) is 5.27. The Bertz CT molecular complexity index is 477. The van der Waals surface area contributed by atoms with Crippen LogP contribution in [0, 0.1) is 0 Å². The lowest BCUT2D eigenvalue weighted by molar-refractivity contribution is -0.120. The van der Waals surface area contributed by atoms with E-state index < -0.39 is 0 Å². The van der Waals surface area contributed by atoms with Crippen molar-refractivity contribution in [1.82, 2.24) is 10.6 Å². The largest absolute Gasteiger partial charge is 0.486 e. The number of carbonyl (C=O) groups is 1. The molecule has 2 rings (SSSR count). The van der Waals surface area contributed by atoms with Crippen LogP contribution in [0.15, 0.2) is 18.2 Å². The Morgan fingerprint density at radius 1 is 1.29 bits per heavy atom. The molecule has 5 nitrogen and oxygen atoms in total. The summed E-state index contributed by atoms with van der Waals surface area (Å²) < 4.78 is 11.0. The van der Waals surface area contributed by atoms with Gasteiger partial charge in [-0.25, -0.2) is 0 Å². The SMILES string of the molecule is CCC(C)NCC(=O)NCCc1ccc2c(c1)OCCO2. The van der Waals surface area contributed by atoms with Gasteiger partial charge in [-0.15, -0.1) is 0 Å². The summed E-state index contributed by atoms with van der Waals surface area (Å²) in [7, 11) is 0. The molecule has 0 radical (unpaired) electrons. The van der Waals surface area contributed by atoms with Crippen LogP contribution in [0.2, 0.25) is 0 Å². The number of hydrogen-bond acceptors (Lipinski definition) is 4. The van der Waals surface area contributed by atoms with Gasteiger partial charge in [0, 0.05) is 12.6 Å². The first-order chi connectivity index (χ1) is 10.2. The molecular weight excluding hydrogens is 268 g/mol. The van der Waals surface area contributed by atoms with Crippen molar-refractivity contribution in [2.45, 2.75) is 32.7 Å². The third-order valence-corrected chi connectivity index (χ3v) is 3.57. The molecule has 1 atom stereocenters. The van der Waals surface area contributed by atoms with Crippen molar-refractivity contribution in [3.63, 3.8) is 0 Å². The Morgan fingerprint density at radius 3 is 2.81 bits per heavy atom. The van der Waals surface area contributed by atoms with Gasteiger partial charge >= 0.3 is 0 Å². The topological polar surface area (TPSA) is 59.6 Å². The average molecular weight is 292 g/mol. The van der Waals surface area contributed by atoms with Crippen molar-refractivity contribution in [3.05, 3.63) is 23.8 Å². The second-order valence-electron chi connectivity index (χ2n) is 5.27. The monoisotopic (exact) mass is 292 g/mol. The molecule has 116 valence electrons. The van der Waals surface area contributed by atoms with Gasteiger partial charge in [0.2, 0.25) is 5.91 Å². The highest BCUT2D eigenvalue weighted by Gasteiger charge is 2.11. The maximum absolute atomic E-state index is 11.7. The van der Waals surface area contributed by atoms with Crippen molar-refractivity contribution < 1.29 is 14.3 Å². The van der Waals surface area contributed by atoms with Crippen LogP contribution in [0.4, 0.5) is 0 Å². The second kappa shape index (κ2) is 7.88. The quantitative estimate of drug-likeness (QED) is 0.799. The van der Waals surface area contributed by atoms with Crippen molar-refractivity contribution in [3.8, 4) is 11.5 Å². The molecule has 1 amide bonds. The predicted octanol–water partition coefficient (Wildman–Crippen LogP) is 1.50. The van der Waals surface area contributed by atoms with Gasteiger partial charge in [0.15, 0.2) is 11.5 Å². The number of nitrogens with one attached hydrogen (secondary N) is 2. The van der Waals surface area contributed by atoms with Crippen molar-refractivity contribution in [1.29, 1.82) is 0 Å². The number of fused-ring (bicyclic) bond motifs is 1. The number of rotatable bonds is 7. The van der Waals surface area contributed by atoms with E-state index in [4.69, 9.17) is 9.47 Å². The molecular formula is C16H24N2O3. The van der Waals surface area contributed by atoms with Crippen LogP contribution in [-0.2, 0) is 11.2 Å². The van der Waals surface area contributed by atoms with E-state index in [2.05, 4.69) is 24.5 Å². The van der Waals surface area contributed by atoms with Crippen LogP contribution in [0.5, 0.6) is 11.5 Å². The Labute approximate surface area is 126 Å². The fourth-order valence-electron chi connectivity index (χ4n) is 2.06. The van der Waals surface area contributed by atoms with Crippen LogP contribution in [0.1, 0.15) is 25.8 Å². The molecule has 0 fully saturated rings. The minimum Gasteiger partial charge on any atom is -0.486 e. The highest BCUT2D eigenvalue weighted by Crippen LogP contribution is 2.30. The summed E-state index contributed by atoms with van der Waals surface area (Å²) in [4.78, 5) is 11.7. The average Bonchev–Trinajstić information content (AvgIpc) is 2.52. The molecule has 1 aromatic rings. The van der Waals surface area contributed by atoms with Gasteiger partial charge in [0.1, 0.15) is 13.2 Å². The first kappa shape index (κ1) is 15.6. The summed E-state index contributed by atoms with van der Waals surface area (Å²) in [6.07, 6.45) is 1.80. The van der Waals surface area contributed by atoms with E-state index >= 15 is 0 Å². The fourth-order valence-corrected chi connectivity index (χ4v) is 2.06. The molecule has 1 unspecified atom stereocenters. The van der Waals surface area contributed by atoms with Gasteiger partial charge in [-0.2, -0.15) is 0 Å². The lowest BCUT2D eigenvalue weighted by Crippen LogP contribution is -2.38. The van der Waals surface area contributed by atoms with E-state index in [1.165, 1.54) is 0 Å². The summed E-state index contributed by atoms with van der Waals surface area (Å²) in [6, 6.07) is 6.29. The Balaban J connectivity index is 1.72. The predicted molar refractivity (Wildman–Crippen MR) is 81.9 cm³/mol.